The molecule has 4 heteroatoms. The zero-order chi connectivity index (χ0) is 20.0. The maximum absolute atomic E-state index is 13.0. The van der Waals surface area contributed by atoms with Crippen LogP contribution in [-0.2, 0) is 11.3 Å². The highest BCUT2D eigenvalue weighted by Gasteiger charge is 2.21. The van der Waals surface area contributed by atoms with Crippen molar-refractivity contribution >= 4 is 11.6 Å². The van der Waals surface area contributed by atoms with Gasteiger partial charge in [0.15, 0.2) is 0 Å². The van der Waals surface area contributed by atoms with Gasteiger partial charge in [-0.1, -0.05) is 48.0 Å². The second-order valence-corrected chi connectivity index (χ2v) is 7.10. The molecular weight excluding hydrogens is 334 g/mol. The molecule has 2 aromatic rings. The Hall–Kier alpha value is -3.06. The van der Waals surface area contributed by atoms with Crippen LogP contribution in [0.4, 0.5) is 5.69 Å². The third-order valence-corrected chi connectivity index (χ3v) is 4.47. The first-order chi connectivity index (χ1) is 12.8. The van der Waals surface area contributed by atoms with Crippen LogP contribution in [0.1, 0.15) is 36.1 Å². The monoisotopic (exact) mass is 361 g/mol. The first-order valence-electron chi connectivity index (χ1n) is 9.13. The molecule has 0 bridgehead atoms. The number of hydrogen-bond donors (Lipinski definition) is 1. The molecular formula is C23H27N3O. The highest BCUT2D eigenvalue weighted by Crippen LogP contribution is 2.22. The summed E-state index contributed by atoms with van der Waals surface area (Å²) in [6, 6.07) is 16.0. The van der Waals surface area contributed by atoms with Gasteiger partial charge >= 0.3 is 0 Å². The van der Waals surface area contributed by atoms with Crippen LogP contribution in [0.15, 0.2) is 54.2 Å². The molecule has 2 rings (SSSR count). The summed E-state index contributed by atoms with van der Waals surface area (Å²) in [4.78, 5) is 14.7. The minimum absolute atomic E-state index is 0.0164. The van der Waals surface area contributed by atoms with Gasteiger partial charge in [0.25, 0.3) is 5.91 Å². The van der Waals surface area contributed by atoms with Crippen molar-refractivity contribution in [2.24, 2.45) is 0 Å². The standard InChI is InChI=1S/C23H27N3O/c1-16(2)26(15-20-9-7-6-8-10-20)23(27)21(13-24)14-25-22-18(4)11-17(3)12-19(22)5/h6-12,14,16,25H,15H2,1-5H3/b21-14-. The van der Waals surface area contributed by atoms with Crippen molar-refractivity contribution in [1.82, 2.24) is 4.90 Å². The Morgan fingerprint density at radius 3 is 2.26 bits per heavy atom. The summed E-state index contributed by atoms with van der Waals surface area (Å²) in [7, 11) is 0. The molecule has 0 aromatic heterocycles. The molecule has 1 amide bonds. The van der Waals surface area contributed by atoms with E-state index in [1.165, 1.54) is 11.8 Å². The summed E-state index contributed by atoms with van der Waals surface area (Å²) in [6.45, 7) is 10.5. The molecule has 27 heavy (non-hydrogen) atoms. The average Bonchev–Trinajstić information content (AvgIpc) is 2.62. The van der Waals surface area contributed by atoms with Crippen molar-refractivity contribution in [3.63, 3.8) is 0 Å². The van der Waals surface area contributed by atoms with E-state index in [1.54, 1.807) is 4.90 Å². The molecule has 1 N–H and O–H groups in total. The molecule has 0 aliphatic carbocycles. The fraction of sp³-hybridized carbons (Fsp3) is 0.304. The van der Waals surface area contributed by atoms with Crippen LogP contribution >= 0.6 is 0 Å². The summed E-state index contributed by atoms with van der Waals surface area (Å²) >= 11 is 0. The van der Waals surface area contributed by atoms with E-state index in [-0.39, 0.29) is 17.5 Å². The molecule has 2 aromatic carbocycles. The van der Waals surface area contributed by atoms with Gasteiger partial charge in [-0.3, -0.25) is 4.79 Å². The number of carbonyl (C=O) groups excluding carboxylic acids is 1. The van der Waals surface area contributed by atoms with Gasteiger partial charge in [-0.05, 0) is 51.3 Å². The van der Waals surface area contributed by atoms with Crippen molar-refractivity contribution in [2.45, 2.75) is 47.2 Å². The Morgan fingerprint density at radius 1 is 1.15 bits per heavy atom. The van der Waals surface area contributed by atoms with E-state index in [4.69, 9.17) is 0 Å². The molecule has 0 fully saturated rings. The first-order valence-corrected chi connectivity index (χ1v) is 9.13. The number of hydrogen-bond acceptors (Lipinski definition) is 3. The largest absolute Gasteiger partial charge is 0.360 e. The molecule has 0 heterocycles. The lowest BCUT2D eigenvalue weighted by Gasteiger charge is -2.26. The fourth-order valence-corrected chi connectivity index (χ4v) is 3.12. The molecule has 0 saturated carbocycles. The Balaban J connectivity index is 2.25. The van der Waals surface area contributed by atoms with Gasteiger partial charge in [0.2, 0.25) is 0 Å². The number of benzene rings is 2. The van der Waals surface area contributed by atoms with Crippen molar-refractivity contribution in [3.8, 4) is 6.07 Å². The Kier molecular flexibility index (Phi) is 6.79. The first kappa shape index (κ1) is 20.3. The lowest BCUT2D eigenvalue weighted by Crippen LogP contribution is -2.37. The second-order valence-electron chi connectivity index (χ2n) is 7.10. The van der Waals surface area contributed by atoms with Crippen molar-refractivity contribution in [2.75, 3.05) is 5.32 Å². The predicted octanol–water partition coefficient (Wildman–Crippen LogP) is 4.87. The maximum Gasteiger partial charge on any atom is 0.266 e. The highest BCUT2D eigenvalue weighted by molar-refractivity contribution is 5.97. The van der Waals surface area contributed by atoms with Gasteiger partial charge < -0.3 is 10.2 Å². The van der Waals surface area contributed by atoms with Crippen LogP contribution in [0.5, 0.6) is 0 Å². The van der Waals surface area contributed by atoms with Gasteiger partial charge in [-0.15, -0.1) is 0 Å². The number of nitriles is 1. The van der Waals surface area contributed by atoms with Crippen LogP contribution in [0.3, 0.4) is 0 Å². The van der Waals surface area contributed by atoms with Crippen LogP contribution in [0.2, 0.25) is 0 Å². The quantitative estimate of drug-likeness (QED) is 0.590. The highest BCUT2D eigenvalue weighted by atomic mass is 16.2. The van der Waals surface area contributed by atoms with E-state index in [0.717, 1.165) is 22.4 Å². The molecule has 0 unspecified atom stereocenters. The lowest BCUT2D eigenvalue weighted by molar-refractivity contribution is -0.129. The van der Waals surface area contributed by atoms with Crippen molar-refractivity contribution in [1.29, 1.82) is 5.26 Å². The van der Waals surface area contributed by atoms with Crippen molar-refractivity contribution < 1.29 is 4.79 Å². The van der Waals surface area contributed by atoms with E-state index in [1.807, 2.05) is 65.0 Å². The van der Waals surface area contributed by atoms with E-state index in [2.05, 4.69) is 23.5 Å². The maximum atomic E-state index is 13.0. The minimum Gasteiger partial charge on any atom is -0.360 e. The molecule has 0 saturated heterocycles. The smallest absolute Gasteiger partial charge is 0.266 e. The van der Waals surface area contributed by atoms with Gasteiger partial charge in [-0.25, -0.2) is 0 Å². The zero-order valence-corrected chi connectivity index (χ0v) is 16.7. The number of carbonyl (C=O) groups is 1. The zero-order valence-electron chi connectivity index (χ0n) is 16.7. The summed E-state index contributed by atoms with van der Waals surface area (Å²) in [5, 5.41) is 12.7. The molecule has 0 radical (unpaired) electrons. The third kappa shape index (κ3) is 5.21. The predicted molar refractivity (Wildman–Crippen MR) is 110 cm³/mol. The van der Waals surface area contributed by atoms with Gasteiger partial charge in [-0.2, -0.15) is 5.26 Å². The van der Waals surface area contributed by atoms with E-state index in [0.29, 0.717) is 6.54 Å². The number of anilines is 1. The minimum atomic E-state index is -0.272. The van der Waals surface area contributed by atoms with E-state index in [9.17, 15) is 10.1 Å². The van der Waals surface area contributed by atoms with Crippen LogP contribution in [0, 0.1) is 32.1 Å². The number of aryl methyl sites for hydroxylation is 3. The van der Waals surface area contributed by atoms with E-state index >= 15 is 0 Å². The topological polar surface area (TPSA) is 56.1 Å². The molecule has 4 nitrogen and oxygen atoms in total. The Labute approximate surface area is 162 Å². The fourth-order valence-electron chi connectivity index (χ4n) is 3.12. The summed E-state index contributed by atoms with van der Waals surface area (Å²) in [5.41, 5.74) is 5.41. The molecule has 0 aliphatic rings. The average molecular weight is 361 g/mol. The van der Waals surface area contributed by atoms with Gasteiger partial charge in [0, 0.05) is 24.5 Å². The lowest BCUT2D eigenvalue weighted by atomic mass is 10.1. The second kappa shape index (κ2) is 9.05. The Bertz CT molecular complexity index is 853. The Morgan fingerprint density at radius 2 is 1.74 bits per heavy atom. The molecule has 0 spiro atoms. The van der Waals surface area contributed by atoms with Crippen LogP contribution < -0.4 is 5.32 Å². The summed E-state index contributed by atoms with van der Waals surface area (Å²) < 4.78 is 0. The SMILES string of the molecule is Cc1cc(C)c(N/C=C(/C#N)C(=O)N(Cc2ccccc2)C(C)C)c(C)c1. The summed E-state index contributed by atoms with van der Waals surface area (Å²) in [5.74, 6) is -0.272. The van der Waals surface area contributed by atoms with Gasteiger partial charge in [0.1, 0.15) is 11.6 Å². The third-order valence-electron chi connectivity index (χ3n) is 4.47. The number of nitrogens with zero attached hydrogens (tertiary/aromatic N) is 2. The molecule has 140 valence electrons. The van der Waals surface area contributed by atoms with Crippen molar-refractivity contribution in [3.05, 3.63) is 76.5 Å². The normalized spacial score (nSPS) is 11.2. The van der Waals surface area contributed by atoms with Crippen LogP contribution in [-0.4, -0.2) is 16.8 Å². The van der Waals surface area contributed by atoms with Gasteiger partial charge in [0.05, 0.1) is 0 Å². The number of nitrogens with one attached hydrogen (secondary N) is 1. The summed E-state index contributed by atoms with van der Waals surface area (Å²) in [6.07, 6.45) is 1.52. The number of amides is 1. The van der Waals surface area contributed by atoms with Crippen LogP contribution in [0.25, 0.3) is 0 Å². The van der Waals surface area contributed by atoms with E-state index < -0.39 is 0 Å². The molecule has 0 aliphatic heterocycles. The molecule has 0 atom stereocenters. The number of rotatable bonds is 6.